The van der Waals surface area contributed by atoms with Crippen LogP contribution in [0.15, 0.2) is 42.5 Å². The van der Waals surface area contributed by atoms with Crippen molar-refractivity contribution in [2.75, 3.05) is 6.54 Å². The van der Waals surface area contributed by atoms with Gasteiger partial charge in [0.1, 0.15) is 11.6 Å². The third kappa shape index (κ3) is 3.75. The molecule has 0 bridgehead atoms. The van der Waals surface area contributed by atoms with Gasteiger partial charge in [-0.25, -0.2) is 8.78 Å². The van der Waals surface area contributed by atoms with Crippen molar-refractivity contribution in [1.29, 1.82) is 0 Å². The number of halogens is 3. The zero-order valence-electron chi connectivity index (χ0n) is 13.9. The molecular formula is C19H20ClF2NO. The molecule has 1 amide bonds. The maximum Gasteiger partial charge on any atom is 0.232 e. The minimum atomic E-state index is -0.858. The van der Waals surface area contributed by atoms with Crippen molar-refractivity contribution < 1.29 is 13.6 Å². The third-order valence-corrected chi connectivity index (χ3v) is 4.40. The maximum absolute atomic E-state index is 13.9. The number of carbonyl (C=O) groups is 1. The second kappa shape index (κ2) is 7.31. The van der Waals surface area contributed by atoms with E-state index in [9.17, 15) is 13.6 Å². The molecule has 128 valence electrons. The van der Waals surface area contributed by atoms with Crippen molar-refractivity contribution >= 4 is 17.5 Å². The zero-order chi connectivity index (χ0) is 17.9. The molecule has 2 aromatic rings. The van der Waals surface area contributed by atoms with Gasteiger partial charge in [-0.2, -0.15) is 0 Å². The van der Waals surface area contributed by atoms with E-state index in [1.165, 1.54) is 23.1 Å². The summed E-state index contributed by atoms with van der Waals surface area (Å²) in [6, 6.07) is 10.8. The first-order valence-electron chi connectivity index (χ1n) is 7.75. The quantitative estimate of drug-likeness (QED) is 0.746. The van der Waals surface area contributed by atoms with Crippen LogP contribution in [0.5, 0.6) is 0 Å². The molecule has 2 rings (SSSR count). The molecule has 0 unspecified atom stereocenters. The van der Waals surface area contributed by atoms with Gasteiger partial charge in [-0.1, -0.05) is 29.8 Å². The number of rotatable bonds is 5. The summed E-state index contributed by atoms with van der Waals surface area (Å²) in [5.74, 6) is -1.52. The van der Waals surface area contributed by atoms with Crippen molar-refractivity contribution in [3.8, 4) is 0 Å². The lowest BCUT2D eigenvalue weighted by Gasteiger charge is -2.32. The van der Waals surface area contributed by atoms with Gasteiger partial charge in [-0.3, -0.25) is 4.79 Å². The molecule has 0 atom stereocenters. The molecule has 2 nitrogen and oxygen atoms in total. The maximum atomic E-state index is 13.9. The van der Waals surface area contributed by atoms with E-state index >= 15 is 0 Å². The zero-order valence-corrected chi connectivity index (χ0v) is 14.7. The van der Waals surface area contributed by atoms with Gasteiger partial charge in [0.15, 0.2) is 0 Å². The fraction of sp³-hybridized carbons (Fsp3) is 0.316. The SMILES string of the molecule is CCN(Cc1c(F)cccc1F)C(=O)C(C)(C)c1cccc(Cl)c1. The van der Waals surface area contributed by atoms with E-state index in [2.05, 4.69) is 0 Å². The number of amides is 1. The Bertz CT molecular complexity index is 726. The topological polar surface area (TPSA) is 20.3 Å². The number of carbonyl (C=O) groups excluding carboxylic acids is 1. The molecule has 24 heavy (non-hydrogen) atoms. The predicted octanol–water partition coefficient (Wildman–Crippen LogP) is 4.94. The van der Waals surface area contributed by atoms with Crippen LogP contribution in [0.3, 0.4) is 0 Å². The van der Waals surface area contributed by atoms with E-state index in [4.69, 9.17) is 11.6 Å². The summed E-state index contributed by atoms with van der Waals surface area (Å²) in [5, 5.41) is 0.538. The van der Waals surface area contributed by atoms with Gasteiger partial charge >= 0.3 is 0 Å². The van der Waals surface area contributed by atoms with Crippen LogP contribution in [0.25, 0.3) is 0 Å². The van der Waals surface area contributed by atoms with Crippen LogP contribution in [0.1, 0.15) is 31.9 Å². The summed E-state index contributed by atoms with van der Waals surface area (Å²) in [7, 11) is 0. The number of nitrogens with zero attached hydrogens (tertiary/aromatic N) is 1. The fourth-order valence-corrected chi connectivity index (χ4v) is 2.79. The number of hydrogen-bond acceptors (Lipinski definition) is 1. The molecule has 0 saturated carbocycles. The van der Waals surface area contributed by atoms with Crippen LogP contribution >= 0.6 is 11.6 Å². The molecule has 5 heteroatoms. The van der Waals surface area contributed by atoms with Gasteiger partial charge in [0.25, 0.3) is 0 Å². The molecule has 0 aliphatic rings. The first-order valence-corrected chi connectivity index (χ1v) is 8.13. The Labute approximate surface area is 146 Å². The van der Waals surface area contributed by atoms with E-state index in [1.807, 2.05) is 6.07 Å². The molecule has 0 N–H and O–H groups in total. The Kier molecular flexibility index (Phi) is 5.60. The Morgan fingerprint density at radius 1 is 1.12 bits per heavy atom. The van der Waals surface area contributed by atoms with Crippen LogP contribution in [0, 0.1) is 11.6 Å². The van der Waals surface area contributed by atoms with Crippen LogP contribution in [-0.2, 0) is 16.8 Å². The summed E-state index contributed by atoms with van der Waals surface area (Å²) in [5.41, 5.74) is -0.204. The largest absolute Gasteiger partial charge is 0.338 e. The Balaban J connectivity index is 2.31. The highest BCUT2D eigenvalue weighted by molar-refractivity contribution is 6.30. The first-order chi connectivity index (χ1) is 11.3. The van der Waals surface area contributed by atoms with Gasteiger partial charge in [0.2, 0.25) is 5.91 Å². The van der Waals surface area contributed by atoms with Crippen molar-refractivity contribution in [3.63, 3.8) is 0 Å². The highest BCUT2D eigenvalue weighted by Crippen LogP contribution is 2.29. The predicted molar refractivity (Wildman–Crippen MR) is 91.9 cm³/mol. The summed E-state index contributed by atoms with van der Waals surface area (Å²) in [4.78, 5) is 14.4. The van der Waals surface area contributed by atoms with Crippen LogP contribution in [-0.4, -0.2) is 17.4 Å². The van der Waals surface area contributed by atoms with Crippen LogP contribution in [0.2, 0.25) is 5.02 Å². The average Bonchev–Trinajstić information content (AvgIpc) is 2.54. The van der Waals surface area contributed by atoms with Crippen molar-refractivity contribution in [2.45, 2.75) is 32.7 Å². The minimum Gasteiger partial charge on any atom is -0.338 e. The number of hydrogen-bond donors (Lipinski definition) is 0. The summed E-state index contributed by atoms with van der Waals surface area (Å²) in [6.45, 7) is 5.57. The lowest BCUT2D eigenvalue weighted by molar-refractivity contribution is -0.136. The summed E-state index contributed by atoms with van der Waals surface area (Å²) < 4.78 is 27.8. The molecule has 0 fully saturated rings. The molecule has 0 aromatic heterocycles. The summed E-state index contributed by atoms with van der Waals surface area (Å²) in [6.07, 6.45) is 0. The first kappa shape index (κ1) is 18.4. The van der Waals surface area contributed by atoms with Crippen molar-refractivity contribution in [3.05, 3.63) is 70.2 Å². The number of likely N-dealkylation sites (N-methyl/N-ethyl adjacent to an activating group) is 1. The van der Waals surface area contributed by atoms with Crippen LogP contribution < -0.4 is 0 Å². The minimum absolute atomic E-state index is 0.102. The molecule has 0 spiro atoms. The van der Waals surface area contributed by atoms with E-state index in [0.29, 0.717) is 11.6 Å². The molecule has 0 aliphatic carbocycles. The molecule has 0 radical (unpaired) electrons. The van der Waals surface area contributed by atoms with Gasteiger partial charge < -0.3 is 4.90 Å². The molecule has 2 aromatic carbocycles. The highest BCUT2D eigenvalue weighted by Gasteiger charge is 2.34. The van der Waals surface area contributed by atoms with Gasteiger partial charge in [-0.15, -0.1) is 0 Å². The van der Waals surface area contributed by atoms with E-state index in [-0.39, 0.29) is 18.0 Å². The van der Waals surface area contributed by atoms with Gasteiger partial charge in [-0.05, 0) is 50.6 Å². The molecule has 0 heterocycles. The summed E-state index contributed by atoms with van der Waals surface area (Å²) >= 11 is 6.02. The van der Waals surface area contributed by atoms with E-state index in [1.54, 1.807) is 39.0 Å². The van der Waals surface area contributed by atoms with Crippen molar-refractivity contribution in [1.82, 2.24) is 4.90 Å². The average molecular weight is 352 g/mol. The highest BCUT2D eigenvalue weighted by atomic mass is 35.5. The molecule has 0 saturated heterocycles. The number of benzene rings is 2. The molecule has 0 aliphatic heterocycles. The monoisotopic (exact) mass is 351 g/mol. The fourth-order valence-electron chi connectivity index (χ4n) is 2.60. The lowest BCUT2D eigenvalue weighted by atomic mass is 9.83. The normalized spacial score (nSPS) is 11.4. The van der Waals surface area contributed by atoms with Gasteiger partial charge in [0, 0.05) is 17.1 Å². The van der Waals surface area contributed by atoms with Crippen LogP contribution in [0.4, 0.5) is 8.78 Å². The van der Waals surface area contributed by atoms with E-state index < -0.39 is 17.0 Å². The Morgan fingerprint density at radius 2 is 1.71 bits per heavy atom. The standard InChI is InChI=1S/C19H20ClF2NO/c1-4-23(12-15-16(21)9-6-10-17(15)22)18(24)19(2,3)13-7-5-8-14(20)11-13/h5-11H,4,12H2,1-3H3. The lowest BCUT2D eigenvalue weighted by Crippen LogP contribution is -2.43. The Hall–Kier alpha value is -1.94. The van der Waals surface area contributed by atoms with Gasteiger partial charge in [0.05, 0.1) is 12.0 Å². The van der Waals surface area contributed by atoms with E-state index in [0.717, 1.165) is 5.56 Å². The molecular weight excluding hydrogens is 332 g/mol. The Morgan fingerprint density at radius 3 is 2.25 bits per heavy atom. The second-order valence-corrected chi connectivity index (χ2v) is 6.59. The second-order valence-electron chi connectivity index (χ2n) is 6.15. The van der Waals surface area contributed by atoms with Crippen molar-refractivity contribution in [2.24, 2.45) is 0 Å². The third-order valence-electron chi connectivity index (χ3n) is 4.16. The smallest absolute Gasteiger partial charge is 0.232 e.